The van der Waals surface area contributed by atoms with Gasteiger partial charge in [0.1, 0.15) is 6.04 Å². The molecule has 2 rings (SSSR count). The first-order chi connectivity index (χ1) is 11.3. The molecule has 0 saturated heterocycles. The van der Waals surface area contributed by atoms with Crippen LogP contribution in [0.25, 0.3) is 5.69 Å². The molecule has 1 unspecified atom stereocenters. The van der Waals surface area contributed by atoms with Gasteiger partial charge in [0.05, 0.1) is 23.1 Å². The number of amides is 1. The molecule has 7 heteroatoms. The molecule has 1 heterocycles. The predicted octanol–water partition coefficient (Wildman–Crippen LogP) is 3.06. The molecule has 0 aliphatic carbocycles. The van der Waals surface area contributed by atoms with E-state index in [1.807, 2.05) is 13.8 Å². The van der Waals surface area contributed by atoms with Crippen LogP contribution in [0.1, 0.15) is 36.3 Å². The summed E-state index contributed by atoms with van der Waals surface area (Å²) in [5.41, 5.74) is 1.75. The topological polar surface area (TPSA) is 84.2 Å². The zero-order chi connectivity index (χ0) is 17.9. The SMILES string of the molecule is Cc1c(C(=O)NC(CC(C)C)C(=O)O)cnn1-c1ccc(Cl)cc1. The third-order valence-corrected chi connectivity index (χ3v) is 3.89. The van der Waals surface area contributed by atoms with Crippen LogP contribution in [0, 0.1) is 12.8 Å². The highest BCUT2D eigenvalue weighted by Gasteiger charge is 2.24. The first-order valence-electron chi connectivity index (χ1n) is 7.63. The van der Waals surface area contributed by atoms with Crippen molar-refractivity contribution < 1.29 is 14.7 Å². The molecular weight excluding hydrogens is 330 g/mol. The molecule has 1 amide bonds. The van der Waals surface area contributed by atoms with Crippen molar-refractivity contribution >= 4 is 23.5 Å². The number of hydrogen-bond donors (Lipinski definition) is 2. The Morgan fingerprint density at radius 2 is 1.92 bits per heavy atom. The van der Waals surface area contributed by atoms with Crippen LogP contribution in [-0.4, -0.2) is 32.8 Å². The number of rotatable bonds is 6. The average Bonchev–Trinajstić information content (AvgIpc) is 2.88. The Morgan fingerprint density at radius 1 is 1.29 bits per heavy atom. The molecule has 2 aromatic rings. The van der Waals surface area contributed by atoms with Gasteiger partial charge in [0, 0.05) is 5.02 Å². The molecule has 0 saturated carbocycles. The molecular formula is C17H20ClN3O3. The number of carboxylic acid groups (broad SMARTS) is 1. The zero-order valence-electron chi connectivity index (χ0n) is 13.8. The van der Waals surface area contributed by atoms with Gasteiger partial charge in [0.25, 0.3) is 5.91 Å². The zero-order valence-corrected chi connectivity index (χ0v) is 14.5. The van der Waals surface area contributed by atoms with Crippen LogP contribution in [0.2, 0.25) is 5.02 Å². The maximum Gasteiger partial charge on any atom is 0.326 e. The Labute approximate surface area is 145 Å². The smallest absolute Gasteiger partial charge is 0.326 e. The van der Waals surface area contributed by atoms with E-state index in [4.69, 9.17) is 11.6 Å². The van der Waals surface area contributed by atoms with Crippen LogP contribution in [-0.2, 0) is 4.79 Å². The summed E-state index contributed by atoms with van der Waals surface area (Å²) in [5.74, 6) is -1.33. The second-order valence-electron chi connectivity index (χ2n) is 6.03. The molecule has 128 valence electrons. The second-order valence-corrected chi connectivity index (χ2v) is 6.46. The number of halogens is 1. The van der Waals surface area contributed by atoms with Crippen molar-refractivity contribution in [2.45, 2.75) is 33.2 Å². The van der Waals surface area contributed by atoms with Crippen LogP contribution in [0.15, 0.2) is 30.5 Å². The van der Waals surface area contributed by atoms with Gasteiger partial charge in [-0.3, -0.25) is 4.79 Å². The summed E-state index contributed by atoms with van der Waals surface area (Å²) in [6.07, 6.45) is 1.80. The molecule has 0 fully saturated rings. The molecule has 0 spiro atoms. The van der Waals surface area contributed by atoms with E-state index in [9.17, 15) is 14.7 Å². The van der Waals surface area contributed by atoms with Gasteiger partial charge >= 0.3 is 5.97 Å². The Hall–Kier alpha value is -2.34. The molecule has 24 heavy (non-hydrogen) atoms. The van der Waals surface area contributed by atoms with E-state index in [1.165, 1.54) is 6.20 Å². The van der Waals surface area contributed by atoms with E-state index in [0.717, 1.165) is 5.69 Å². The van der Waals surface area contributed by atoms with Crippen molar-refractivity contribution in [3.05, 3.63) is 46.7 Å². The number of benzene rings is 1. The summed E-state index contributed by atoms with van der Waals surface area (Å²) in [7, 11) is 0. The lowest BCUT2D eigenvalue weighted by atomic mass is 10.0. The summed E-state index contributed by atoms with van der Waals surface area (Å²) in [5, 5.41) is 16.6. The Morgan fingerprint density at radius 3 is 2.46 bits per heavy atom. The molecule has 1 aromatic carbocycles. The molecule has 0 bridgehead atoms. The Bertz CT molecular complexity index is 738. The fourth-order valence-electron chi connectivity index (χ4n) is 2.40. The van der Waals surface area contributed by atoms with Gasteiger partial charge in [0.2, 0.25) is 0 Å². The fraction of sp³-hybridized carbons (Fsp3) is 0.353. The number of carbonyl (C=O) groups excluding carboxylic acids is 1. The molecule has 1 aromatic heterocycles. The number of aliphatic carboxylic acids is 1. The van der Waals surface area contributed by atoms with Crippen molar-refractivity contribution in [2.24, 2.45) is 5.92 Å². The van der Waals surface area contributed by atoms with E-state index in [0.29, 0.717) is 22.7 Å². The highest BCUT2D eigenvalue weighted by molar-refractivity contribution is 6.30. The van der Waals surface area contributed by atoms with E-state index >= 15 is 0 Å². The number of hydrogen-bond acceptors (Lipinski definition) is 3. The quantitative estimate of drug-likeness (QED) is 0.839. The van der Waals surface area contributed by atoms with Gasteiger partial charge in [-0.1, -0.05) is 25.4 Å². The number of nitrogens with one attached hydrogen (secondary N) is 1. The maximum atomic E-state index is 12.4. The first-order valence-corrected chi connectivity index (χ1v) is 8.01. The van der Waals surface area contributed by atoms with Crippen molar-refractivity contribution in [3.63, 3.8) is 0 Å². The maximum absolute atomic E-state index is 12.4. The van der Waals surface area contributed by atoms with Gasteiger partial charge in [-0.05, 0) is 43.5 Å². The average molecular weight is 350 g/mol. The minimum atomic E-state index is -1.04. The number of carboxylic acids is 1. The largest absolute Gasteiger partial charge is 0.480 e. The third kappa shape index (κ3) is 4.14. The standard InChI is InChI=1S/C17H20ClN3O3/c1-10(2)8-15(17(23)24)20-16(22)14-9-19-21(11(14)3)13-6-4-12(18)5-7-13/h4-7,9-10,15H,8H2,1-3H3,(H,20,22)(H,23,24). The molecule has 0 aliphatic heterocycles. The van der Waals surface area contributed by atoms with Crippen molar-refractivity contribution in [1.82, 2.24) is 15.1 Å². The van der Waals surface area contributed by atoms with Crippen molar-refractivity contribution in [1.29, 1.82) is 0 Å². The highest BCUT2D eigenvalue weighted by Crippen LogP contribution is 2.17. The summed E-state index contributed by atoms with van der Waals surface area (Å²) in [6, 6.07) is 6.14. The van der Waals surface area contributed by atoms with Crippen LogP contribution in [0.3, 0.4) is 0 Å². The van der Waals surface area contributed by atoms with Gasteiger partial charge in [-0.25, -0.2) is 9.48 Å². The van der Waals surface area contributed by atoms with E-state index in [-0.39, 0.29) is 5.92 Å². The van der Waals surface area contributed by atoms with Crippen LogP contribution >= 0.6 is 11.6 Å². The third-order valence-electron chi connectivity index (χ3n) is 3.64. The molecule has 6 nitrogen and oxygen atoms in total. The second kappa shape index (κ2) is 7.49. The van der Waals surface area contributed by atoms with Gasteiger partial charge in [0.15, 0.2) is 0 Å². The molecule has 2 N–H and O–H groups in total. The van der Waals surface area contributed by atoms with Crippen LogP contribution in [0.4, 0.5) is 0 Å². The minimum Gasteiger partial charge on any atom is -0.480 e. The fourth-order valence-corrected chi connectivity index (χ4v) is 2.53. The summed E-state index contributed by atoms with van der Waals surface area (Å²) in [4.78, 5) is 23.7. The molecule has 0 radical (unpaired) electrons. The van der Waals surface area contributed by atoms with Crippen molar-refractivity contribution in [2.75, 3.05) is 0 Å². The Balaban J connectivity index is 2.21. The normalized spacial score (nSPS) is 12.2. The summed E-state index contributed by atoms with van der Waals surface area (Å²) in [6.45, 7) is 5.58. The van der Waals surface area contributed by atoms with Gasteiger partial charge < -0.3 is 10.4 Å². The minimum absolute atomic E-state index is 0.157. The van der Waals surface area contributed by atoms with Crippen molar-refractivity contribution in [3.8, 4) is 5.69 Å². The van der Waals surface area contributed by atoms with Gasteiger partial charge in [-0.2, -0.15) is 5.10 Å². The van der Waals surface area contributed by atoms with E-state index < -0.39 is 17.9 Å². The lowest BCUT2D eigenvalue weighted by Gasteiger charge is -2.16. The number of carbonyl (C=O) groups is 2. The van der Waals surface area contributed by atoms with Crippen LogP contribution in [0.5, 0.6) is 0 Å². The van der Waals surface area contributed by atoms with E-state index in [2.05, 4.69) is 10.4 Å². The molecule has 0 aliphatic rings. The predicted molar refractivity (Wildman–Crippen MR) is 91.7 cm³/mol. The monoisotopic (exact) mass is 349 g/mol. The number of aromatic nitrogens is 2. The molecule has 1 atom stereocenters. The van der Waals surface area contributed by atoms with E-state index in [1.54, 1.807) is 35.9 Å². The number of nitrogens with zero attached hydrogens (tertiary/aromatic N) is 2. The van der Waals surface area contributed by atoms with Crippen LogP contribution < -0.4 is 5.32 Å². The first kappa shape index (κ1) is 18.0. The van der Waals surface area contributed by atoms with Gasteiger partial charge in [-0.15, -0.1) is 0 Å². The lowest BCUT2D eigenvalue weighted by molar-refractivity contribution is -0.139. The highest BCUT2D eigenvalue weighted by atomic mass is 35.5. The Kier molecular flexibility index (Phi) is 5.62. The summed E-state index contributed by atoms with van der Waals surface area (Å²) >= 11 is 5.87. The summed E-state index contributed by atoms with van der Waals surface area (Å²) < 4.78 is 1.61. The lowest BCUT2D eigenvalue weighted by Crippen LogP contribution is -2.41.